The number of H-pyrrole nitrogens is 1. The third-order valence-electron chi connectivity index (χ3n) is 4.24. The van der Waals surface area contributed by atoms with Crippen LogP contribution >= 0.6 is 0 Å². The van der Waals surface area contributed by atoms with Crippen molar-refractivity contribution in [2.45, 2.75) is 0 Å². The van der Waals surface area contributed by atoms with Crippen molar-refractivity contribution >= 4 is 11.0 Å². The highest BCUT2D eigenvalue weighted by molar-refractivity contribution is 5.97. The van der Waals surface area contributed by atoms with Crippen LogP contribution in [0.1, 0.15) is 11.3 Å². The number of aromatic nitrogens is 3. The van der Waals surface area contributed by atoms with E-state index in [1.165, 1.54) is 0 Å². The van der Waals surface area contributed by atoms with E-state index in [9.17, 15) is 5.26 Å². The Kier molecular flexibility index (Phi) is 4.51. The molecule has 7 heteroatoms. The van der Waals surface area contributed by atoms with Gasteiger partial charge in [-0.25, -0.2) is 4.98 Å². The van der Waals surface area contributed by atoms with Gasteiger partial charge in [0.2, 0.25) is 0 Å². The number of rotatable bonds is 3. The van der Waals surface area contributed by atoms with E-state index < -0.39 is 0 Å². The number of furan rings is 1. The van der Waals surface area contributed by atoms with E-state index in [0.29, 0.717) is 39.4 Å². The van der Waals surface area contributed by atoms with Crippen LogP contribution in [0.3, 0.4) is 0 Å². The number of nitrogens with zero attached hydrogens (tertiary/aromatic N) is 3. The lowest BCUT2D eigenvalue weighted by Gasteiger charge is -2.09. The molecule has 28 heavy (non-hydrogen) atoms. The maximum absolute atomic E-state index is 9.94. The minimum atomic E-state index is 0.238. The van der Waals surface area contributed by atoms with Crippen LogP contribution < -0.4 is 10.5 Å². The summed E-state index contributed by atoms with van der Waals surface area (Å²) in [5.41, 5.74) is 8.30. The van der Waals surface area contributed by atoms with Gasteiger partial charge in [0.1, 0.15) is 17.6 Å². The van der Waals surface area contributed by atoms with Crippen molar-refractivity contribution in [3.8, 4) is 46.2 Å². The first-order valence-electron chi connectivity index (χ1n) is 8.46. The number of nitriles is 1. The quantitative estimate of drug-likeness (QED) is 0.537. The number of methoxy groups -OCH3 is 1. The molecule has 0 radical (unpaired) electrons. The number of pyridine rings is 1. The fourth-order valence-electron chi connectivity index (χ4n) is 2.97. The van der Waals surface area contributed by atoms with Gasteiger partial charge in [0.15, 0.2) is 11.4 Å². The molecule has 0 unspecified atom stereocenters. The number of benzene rings is 1. The van der Waals surface area contributed by atoms with Crippen LogP contribution in [0.4, 0.5) is 0 Å². The lowest BCUT2D eigenvalue weighted by atomic mass is 9.98. The Bertz CT molecular complexity index is 1250. The van der Waals surface area contributed by atoms with Crippen LogP contribution in [0.2, 0.25) is 0 Å². The summed E-state index contributed by atoms with van der Waals surface area (Å²) in [4.78, 5) is 4.61. The standard InChI is InChI=1S/C21H15N5O2/c1-27-14-6-4-13(5-7-14)20-16(11-23)19(17-12-24-26-21(17)25-20)18-9-8-15(28-18)3-2-10-22/h4-9,12H,10,22H2,1H3,(H,24,25,26). The number of nitrogens with two attached hydrogens (primary N) is 1. The number of aromatic amines is 1. The average Bonchev–Trinajstić information content (AvgIpc) is 3.40. The summed E-state index contributed by atoms with van der Waals surface area (Å²) in [6, 6.07) is 13.2. The summed E-state index contributed by atoms with van der Waals surface area (Å²) in [6.45, 7) is 0.238. The zero-order chi connectivity index (χ0) is 19.5. The Labute approximate surface area is 160 Å². The minimum Gasteiger partial charge on any atom is -0.497 e. The number of hydrogen-bond donors (Lipinski definition) is 2. The molecule has 0 saturated carbocycles. The summed E-state index contributed by atoms with van der Waals surface area (Å²) in [5, 5.41) is 17.6. The molecule has 0 aliphatic carbocycles. The van der Waals surface area contributed by atoms with Gasteiger partial charge in [-0.1, -0.05) is 5.92 Å². The Morgan fingerprint density at radius 3 is 2.75 bits per heavy atom. The predicted octanol–water partition coefficient (Wildman–Crippen LogP) is 3.08. The molecule has 4 rings (SSSR count). The molecule has 0 fully saturated rings. The highest BCUT2D eigenvalue weighted by Gasteiger charge is 2.21. The van der Waals surface area contributed by atoms with Crippen LogP contribution in [0.5, 0.6) is 5.75 Å². The number of ether oxygens (including phenoxy) is 1. The third-order valence-corrected chi connectivity index (χ3v) is 4.24. The second-order valence-electron chi connectivity index (χ2n) is 5.85. The minimum absolute atomic E-state index is 0.238. The van der Waals surface area contributed by atoms with E-state index in [4.69, 9.17) is 14.9 Å². The van der Waals surface area contributed by atoms with Crippen molar-refractivity contribution in [2.24, 2.45) is 5.73 Å². The van der Waals surface area contributed by atoms with Crippen molar-refractivity contribution in [3.63, 3.8) is 0 Å². The predicted molar refractivity (Wildman–Crippen MR) is 104 cm³/mol. The van der Waals surface area contributed by atoms with Crippen molar-refractivity contribution in [1.29, 1.82) is 5.26 Å². The zero-order valence-corrected chi connectivity index (χ0v) is 15.0. The van der Waals surface area contributed by atoms with E-state index in [1.807, 2.05) is 24.3 Å². The third kappa shape index (κ3) is 2.96. The van der Waals surface area contributed by atoms with Crippen LogP contribution in [0.15, 0.2) is 47.0 Å². The summed E-state index contributed by atoms with van der Waals surface area (Å²) >= 11 is 0. The van der Waals surface area contributed by atoms with Crippen LogP contribution in [0.25, 0.3) is 33.6 Å². The molecule has 7 nitrogen and oxygen atoms in total. The molecule has 1 aromatic carbocycles. The van der Waals surface area contributed by atoms with Gasteiger partial charge in [0.05, 0.1) is 36.5 Å². The maximum Gasteiger partial charge on any atom is 0.177 e. The number of nitrogens with one attached hydrogen (secondary N) is 1. The van der Waals surface area contributed by atoms with Gasteiger partial charge < -0.3 is 14.9 Å². The summed E-state index contributed by atoms with van der Waals surface area (Å²) in [5.74, 6) is 7.32. The Morgan fingerprint density at radius 1 is 1.21 bits per heavy atom. The number of hydrogen-bond acceptors (Lipinski definition) is 6. The molecule has 0 bridgehead atoms. The highest BCUT2D eigenvalue weighted by Crippen LogP contribution is 2.37. The number of fused-ring (bicyclic) bond motifs is 1. The summed E-state index contributed by atoms with van der Waals surface area (Å²) in [6.07, 6.45) is 1.63. The van der Waals surface area contributed by atoms with Crippen molar-refractivity contribution in [2.75, 3.05) is 13.7 Å². The molecule has 0 amide bonds. The lowest BCUT2D eigenvalue weighted by Crippen LogP contribution is -1.95. The van der Waals surface area contributed by atoms with E-state index in [0.717, 1.165) is 11.3 Å². The van der Waals surface area contributed by atoms with Crippen LogP contribution in [-0.4, -0.2) is 28.8 Å². The van der Waals surface area contributed by atoms with Gasteiger partial charge in [-0.3, -0.25) is 5.10 Å². The molecule has 0 atom stereocenters. The smallest absolute Gasteiger partial charge is 0.177 e. The molecular weight excluding hydrogens is 354 g/mol. The van der Waals surface area contributed by atoms with Gasteiger partial charge in [-0.05, 0) is 42.3 Å². The lowest BCUT2D eigenvalue weighted by molar-refractivity contribution is 0.415. The fraction of sp³-hybridized carbons (Fsp3) is 0.0952. The van der Waals surface area contributed by atoms with E-state index in [1.54, 1.807) is 25.4 Å². The monoisotopic (exact) mass is 369 g/mol. The van der Waals surface area contributed by atoms with E-state index in [2.05, 4.69) is 33.1 Å². The molecular formula is C21H15N5O2. The first-order valence-corrected chi connectivity index (χ1v) is 8.46. The fourth-order valence-corrected chi connectivity index (χ4v) is 2.97. The normalized spacial score (nSPS) is 10.3. The average molecular weight is 369 g/mol. The summed E-state index contributed by atoms with van der Waals surface area (Å²) in [7, 11) is 1.60. The Hall–Kier alpha value is -4.07. The molecule has 3 aromatic heterocycles. The van der Waals surface area contributed by atoms with Crippen molar-refractivity contribution in [3.05, 3.63) is 53.9 Å². The SMILES string of the molecule is COc1ccc(-c2nc3[nH]ncc3c(-c3ccc(C#CCN)o3)c2C#N)cc1. The largest absolute Gasteiger partial charge is 0.497 e. The molecule has 3 N–H and O–H groups in total. The second-order valence-corrected chi connectivity index (χ2v) is 5.85. The molecule has 0 aliphatic rings. The molecule has 0 spiro atoms. The molecule has 0 aliphatic heterocycles. The Balaban J connectivity index is 1.96. The molecule has 136 valence electrons. The molecule has 4 aromatic rings. The van der Waals surface area contributed by atoms with Gasteiger partial charge >= 0.3 is 0 Å². The molecule has 3 heterocycles. The maximum atomic E-state index is 9.94. The Morgan fingerprint density at radius 2 is 2.04 bits per heavy atom. The van der Waals surface area contributed by atoms with Gasteiger partial charge in [0.25, 0.3) is 0 Å². The topological polar surface area (TPSA) is 114 Å². The van der Waals surface area contributed by atoms with Gasteiger partial charge in [-0.15, -0.1) is 0 Å². The van der Waals surface area contributed by atoms with Crippen molar-refractivity contribution in [1.82, 2.24) is 15.2 Å². The molecule has 0 saturated heterocycles. The van der Waals surface area contributed by atoms with Gasteiger partial charge in [-0.2, -0.15) is 10.4 Å². The first-order chi connectivity index (χ1) is 13.7. The zero-order valence-electron chi connectivity index (χ0n) is 15.0. The summed E-state index contributed by atoms with van der Waals surface area (Å²) < 4.78 is 11.1. The van der Waals surface area contributed by atoms with E-state index in [-0.39, 0.29) is 6.54 Å². The van der Waals surface area contributed by atoms with Crippen LogP contribution in [-0.2, 0) is 0 Å². The first kappa shape index (κ1) is 17.3. The van der Waals surface area contributed by atoms with Gasteiger partial charge in [0, 0.05) is 11.1 Å². The second kappa shape index (κ2) is 7.28. The van der Waals surface area contributed by atoms with E-state index >= 15 is 0 Å². The van der Waals surface area contributed by atoms with Crippen molar-refractivity contribution < 1.29 is 9.15 Å². The van der Waals surface area contributed by atoms with Crippen LogP contribution in [0, 0.1) is 23.2 Å². The highest BCUT2D eigenvalue weighted by atomic mass is 16.5.